The summed E-state index contributed by atoms with van der Waals surface area (Å²) in [6.07, 6.45) is 3.33. The minimum atomic E-state index is -0.135. The van der Waals surface area contributed by atoms with E-state index in [-0.39, 0.29) is 11.8 Å². The fourth-order valence-electron chi connectivity index (χ4n) is 2.56. The van der Waals surface area contributed by atoms with Gasteiger partial charge < -0.3 is 15.1 Å². The summed E-state index contributed by atoms with van der Waals surface area (Å²) in [7, 11) is 5.56. The molecule has 2 aromatic rings. The van der Waals surface area contributed by atoms with Crippen LogP contribution in [0.4, 0.5) is 0 Å². The summed E-state index contributed by atoms with van der Waals surface area (Å²) in [5.74, 6) is -0.198. The molecule has 0 bridgehead atoms. The van der Waals surface area contributed by atoms with Crippen LogP contribution in [0.1, 0.15) is 21.5 Å². The normalized spacial score (nSPS) is 11.0. The van der Waals surface area contributed by atoms with E-state index in [2.05, 4.69) is 5.32 Å². The molecule has 0 radical (unpaired) electrons. The Morgan fingerprint density at radius 3 is 2.21 bits per heavy atom. The van der Waals surface area contributed by atoms with Gasteiger partial charge in [0, 0.05) is 43.3 Å². The summed E-state index contributed by atoms with van der Waals surface area (Å²) in [6.45, 7) is 1.91. The highest BCUT2D eigenvalue weighted by molar-refractivity contribution is 6.30. The fraction of sp³-hybridized carbons (Fsp3) is 0.273. The standard InChI is InChI=1S/C22H26ClN3O2/c1-24-22(28)19-9-4-17(5-10-19)8-13-21(27)26(15-14-25(2)3)16-18-6-11-20(23)12-7-18/h4-13H,14-16H2,1-3H3,(H,24,28)/b13-8+. The SMILES string of the molecule is CNC(=O)c1ccc(/C=C/C(=O)N(CCN(C)C)Cc2ccc(Cl)cc2)cc1. The molecule has 0 atom stereocenters. The van der Waals surface area contributed by atoms with Gasteiger partial charge in [0.2, 0.25) is 5.91 Å². The van der Waals surface area contributed by atoms with E-state index in [0.29, 0.717) is 23.7 Å². The maximum Gasteiger partial charge on any atom is 0.251 e. The molecular formula is C22H26ClN3O2. The lowest BCUT2D eigenvalue weighted by Crippen LogP contribution is -2.35. The number of carbonyl (C=O) groups excluding carboxylic acids is 2. The van der Waals surface area contributed by atoms with Gasteiger partial charge in [-0.3, -0.25) is 9.59 Å². The number of hydrogen-bond acceptors (Lipinski definition) is 3. The number of amides is 2. The fourth-order valence-corrected chi connectivity index (χ4v) is 2.69. The Kier molecular flexibility index (Phi) is 8.23. The molecule has 0 aliphatic rings. The summed E-state index contributed by atoms with van der Waals surface area (Å²) in [4.78, 5) is 28.2. The van der Waals surface area contributed by atoms with Crippen molar-refractivity contribution in [3.8, 4) is 0 Å². The summed E-state index contributed by atoms with van der Waals surface area (Å²) < 4.78 is 0. The first-order valence-electron chi connectivity index (χ1n) is 9.07. The number of halogens is 1. The van der Waals surface area contributed by atoms with Crippen molar-refractivity contribution < 1.29 is 9.59 Å². The van der Waals surface area contributed by atoms with Crippen LogP contribution < -0.4 is 5.32 Å². The van der Waals surface area contributed by atoms with E-state index in [1.807, 2.05) is 55.4 Å². The van der Waals surface area contributed by atoms with Crippen LogP contribution in [0.15, 0.2) is 54.6 Å². The summed E-state index contributed by atoms with van der Waals surface area (Å²) >= 11 is 5.95. The predicted molar refractivity (Wildman–Crippen MR) is 114 cm³/mol. The van der Waals surface area contributed by atoms with E-state index in [4.69, 9.17) is 11.6 Å². The van der Waals surface area contributed by atoms with Crippen molar-refractivity contribution in [2.75, 3.05) is 34.2 Å². The van der Waals surface area contributed by atoms with Gasteiger partial charge in [-0.2, -0.15) is 0 Å². The number of rotatable bonds is 8. The lowest BCUT2D eigenvalue weighted by atomic mass is 10.1. The largest absolute Gasteiger partial charge is 0.355 e. The van der Waals surface area contributed by atoms with E-state index in [1.54, 1.807) is 36.2 Å². The molecule has 0 aliphatic heterocycles. The molecule has 0 saturated carbocycles. The Hall–Kier alpha value is -2.63. The second-order valence-corrected chi connectivity index (χ2v) is 7.16. The minimum Gasteiger partial charge on any atom is -0.355 e. The van der Waals surface area contributed by atoms with Crippen molar-refractivity contribution in [3.05, 3.63) is 76.3 Å². The number of nitrogens with zero attached hydrogens (tertiary/aromatic N) is 2. The lowest BCUT2D eigenvalue weighted by molar-refractivity contribution is -0.126. The molecule has 1 N–H and O–H groups in total. The molecule has 0 aliphatic carbocycles. The van der Waals surface area contributed by atoms with Crippen LogP contribution in [0.25, 0.3) is 6.08 Å². The van der Waals surface area contributed by atoms with Gasteiger partial charge in [-0.25, -0.2) is 0 Å². The average Bonchev–Trinajstić information content (AvgIpc) is 2.70. The van der Waals surface area contributed by atoms with Crippen molar-refractivity contribution >= 4 is 29.5 Å². The van der Waals surface area contributed by atoms with Crippen molar-refractivity contribution in [2.45, 2.75) is 6.54 Å². The molecule has 2 aromatic carbocycles. The molecule has 2 rings (SSSR count). The Balaban J connectivity index is 2.08. The molecule has 0 fully saturated rings. The third-order valence-electron chi connectivity index (χ3n) is 4.23. The minimum absolute atomic E-state index is 0.0628. The van der Waals surface area contributed by atoms with Gasteiger partial charge in [-0.05, 0) is 55.6 Å². The van der Waals surface area contributed by atoms with Crippen molar-refractivity contribution in [3.63, 3.8) is 0 Å². The highest BCUT2D eigenvalue weighted by atomic mass is 35.5. The molecule has 6 heteroatoms. The van der Waals surface area contributed by atoms with Gasteiger partial charge in [0.15, 0.2) is 0 Å². The topological polar surface area (TPSA) is 52.7 Å². The first-order chi connectivity index (χ1) is 13.4. The van der Waals surface area contributed by atoms with Crippen LogP contribution in [0.5, 0.6) is 0 Å². The Morgan fingerprint density at radius 2 is 1.64 bits per heavy atom. The van der Waals surface area contributed by atoms with Crippen molar-refractivity contribution in [1.29, 1.82) is 0 Å². The zero-order valence-corrected chi connectivity index (χ0v) is 17.2. The number of benzene rings is 2. The Bertz CT molecular complexity index is 815. The number of carbonyl (C=O) groups is 2. The zero-order valence-electron chi connectivity index (χ0n) is 16.5. The van der Waals surface area contributed by atoms with Crippen LogP contribution in [0, 0.1) is 0 Å². The molecule has 148 valence electrons. The Morgan fingerprint density at radius 1 is 1.00 bits per heavy atom. The highest BCUT2D eigenvalue weighted by Gasteiger charge is 2.12. The third-order valence-corrected chi connectivity index (χ3v) is 4.49. The quantitative estimate of drug-likeness (QED) is 0.693. The van der Waals surface area contributed by atoms with Gasteiger partial charge in [0.05, 0.1) is 0 Å². The predicted octanol–water partition coefficient (Wildman–Crippen LogP) is 3.30. The van der Waals surface area contributed by atoms with Crippen molar-refractivity contribution in [2.24, 2.45) is 0 Å². The summed E-state index contributed by atoms with van der Waals surface area (Å²) in [5, 5.41) is 3.26. The third kappa shape index (κ3) is 6.83. The molecule has 0 heterocycles. The second-order valence-electron chi connectivity index (χ2n) is 6.72. The molecule has 0 saturated heterocycles. The lowest BCUT2D eigenvalue weighted by Gasteiger charge is -2.23. The van der Waals surface area contributed by atoms with Gasteiger partial charge in [0.25, 0.3) is 5.91 Å². The maximum absolute atomic E-state index is 12.8. The van der Waals surface area contributed by atoms with Gasteiger partial charge >= 0.3 is 0 Å². The van der Waals surface area contributed by atoms with Crippen LogP contribution in [-0.2, 0) is 11.3 Å². The molecule has 0 aromatic heterocycles. The van der Waals surface area contributed by atoms with Gasteiger partial charge in [0.1, 0.15) is 0 Å². The molecule has 2 amide bonds. The molecule has 5 nitrogen and oxygen atoms in total. The smallest absolute Gasteiger partial charge is 0.251 e. The average molecular weight is 400 g/mol. The van der Waals surface area contributed by atoms with Gasteiger partial charge in [-0.15, -0.1) is 0 Å². The molecule has 28 heavy (non-hydrogen) atoms. The van der Waals surface area contributed by atoms with Gasteiger partial charge in [-0.1, -0.05) is 35.9 Å². The summed E-state index contributed by atoms with van der Waals surface area (Å²) in [5.41, 5.74) is 2.47. The molecule has 0 unspecified atom stereocenters. The molecular weight excluding hydrogens is 374 g/mol. The summed E-state index contributed by atoms with van der Waals surface area (Å²) in [6, 6.07) is 14.6. The van der Waals surface area contributed by atoms with Crippen molar-refractivity contribution in [1.82, 2.24) is 15.1 Å². The number of hydrogen-bond donors (Lipinski definition) is 1. The highest BCUT2D eigenvalue weighted by Crippen LogP contribution is 2.13. The first-order valence-corrected chi connectivity index (χ1v) is 9.45. The van der Waals surface area contributed by atoms with E-state index in [1.165, 1.54) is 0 Å². The van der Waals surface area contributed by atoms with E-state index in [0.717, 1.165) is 17.7 Å². The van der Waals surface area contributed by atoms with E-state index < -0.39 is 0 Å². The zero-order chi connectivity index (χ0) is 20.5. The van der Waals surface area contributed by atoms with E-state index >= 15 is 0 Å². The molecule has 0 spiro atoms. The maximum atomic E-state index is 12.8. The van der Waals surface area contributed by atoms with Crippen LogP contribution in [0.3, 0.4) is 0 Å². The second kappa shape index (κ2) is 10.6. The monoisotopic (exact) mass is 399 g/mol. The number of likely N-dealkylation sites (N-methyl/N-ethyl adjacent to an activating group) is 1. The Labute approximate surface area is 171 Å². The number of nitrogens with one attached hydrogen (secondary N) is 1. The van der Waals surface area contributed by atoms with Crippen LogP contribution in [-0.4, -0.2) is 55.8 Å². The van der Waals surface area contributed by atoms with Crippen LogP contribution in [0.2, 0.25) is 5.02 Å². The van der Waals surface area contributed by atoms with Crippen LogP contribution >= 0.6 is 11.6 Å². The van der Waals surface area contributed by atoms with E-state index in [9.17, 15) is 9.59 Å². The first kappa shape index (κ1) is 21.7.